The van der Waals surface area contributed by atoms with Gasteiger partial charge < -0.3 is 9.67 Å². The van der Waals surface area contributed by atoms with E-state index in [4.69, 9.17) is 5.11 Å². The number of aryl methyl sites for hydroxylation is 1. The van der Waals surface area contributed by atoms with Gasteiger partial charge in [-0.2, -0.15) is 11.8 Å². The molecule has 1 rings (SSSR count). The van der Waals surface area contributed by atoms with Crippen molar-refractivity contribution >= 4 is 11.8 Å². The smallest absolute Gasteiger partial charge is 0.0945 e. The molecule has 13 heavy (non-hydrogen) atoms. The van der Waals surface area contributed by atoms with Crippen molar-refractivity contribution in [1.29, 1.82) is 0 Å². The lowest BCUT2D eigenvalue weighted by atomic mass is 10.5. The van der Waals surface area contributed by atoms with Gasteiger partial charge in [-0.25, -0.2) is 4.98 Å². The number of hydrogen-bond donors (Lipinski definition) is 1. The van der Waals surface area contributed by atoms with Crippen LogP contribution in [0.5, 0.6) is 0 Å². The summed E-state index contributed by atoms with van der Waals surface area (Å²) < 4.78 is 2.07. The topological polar surface area (TPSA) is 38.0 Å². The van der Waals surface area contributed by atoms with Gasteiger partial charge in [0.25, 0.3) is 0 Å². The molecule has 0 saturated heterocycles. The number of aliphatic hydroxyl groups excluding tert-OH is 1. The summed E-state index contributed by atoms with van der Waals surface area (Å²) in [6.07, 6.45) is 6.73. The van der Waals surface area contributed by atoms with Crippen molar-refractivity contribution < 1.29 is 5.11 Å². The summed E-state index contributed by atoms with van der Waals surface area (Å²) in [5.41, 5.74) is 0. The molecule has 0 aliphatic heterocycles. The van der Waals surface area contributed by atoms with Crippen molar-refractivity contribution in [1.82, 2.24) is 9.55 Å². The van der Waals surface area contributed by atoms with E-state index in [1.165, 1.54) is 0 Å². The summed E-state index contributed by atoms with van der Waals surface area (Å²) in [6, 6.07) is 0. The summed E-state index contributed by atoms with van der Waals surface area (Å²) in [4.78, 5) is 3.97. The second-order valence-corrected chi connectivity index (χ2v) is 4.56. The highest BCUT2D eigenvalue weighted by molar-refractivity contribution is 7.99. The zero-order valence-electron chi connectivity index (χ0n) is 7.89. The fourth-order valence-electron chi connectivity index (χ4n) is 1.00. The molecule has 0 aromatic carbocycles. The van der Waals surface area contributed by atoms with Gasteiger partial charge in [0.2, 0.25) is 0 Å². The number of rotatable bonds is 6. The molecule has 4 heteroatoms. The molecule has 1 aromatic rings. The standard InChI is InChI=1S/C9H16N2OS/c1-9(7-12)13-6-2-4-11-5-3-10-8-11/h3,5,8-9,12H,2,4,6-7H2,1H3. The van der Waals surface area contributed by atoms with E-state index >= 15 is 0 Å². The van der Waals surface area contributed by atoms with Crippen molar-refractivity contribution in [2.75, 3.05) is 12.4 Å². The lowest BCUT2D eigenvalue weighted by Crippen LogP contribution is -2.04. The van der Waals surface area contributed by atoms with Crippen LogP contribution in [0.4, 0.5) is 0 Å². The molecular formula is C9H16N2OS. The van der Waals surface area contributed by atoms with Crippen LogP contribution in [-0.2, 0) is 6.54 Å². The molecular weight excluding hydrogens is 184 g/mol. The second kappa shape index (κ2) is 6.05. The molecule has 1 unspecified atom stereocenters. The van der Waals surface area contributed by atoms with Gasteiger partial charge in [0, 0.05) is 24.2 Å². The van der Waals surface area contributed by atoms with Crippen molar-refractivity contribution in [3.63, 3.8) is 0 Å². The van der Waals surface area contributed by atoms with Crippen LogP contribution >= 0.6 is 11.8 Å². The molecule has 0 fully saturated rings. The van der Waals surface area contributed by atoms with Crippen molar-refractivity contribution in [3.05, 3.63) is 18.7 Å². The van der Waals surface area contributed by atoms with Crippen LogP contribution in [0.2, 0.25) is 0 Å². The Morgan fingerprint density at radius 2 is 2.46 bits per heavy atom. The molecule has 0 aliphatic carbocycles. The van der Waals surface area contributed by atoms with Gasteiger partial charge in [0.15, 0.2) is 0 Å². The summed E-state index contributed by atoms with van der Waals surface area (Å²) in [5.74, 6) is 1.10. The van der Waals surface area contributed by atoms with Crippen LogP contribution < -0.4 is 0 Å². The predicted octanol–water partition coefficient (Wildman–Crippen LogP) is 1.39. The third-order valence-electron chi connectivity index (χ3n) is 1.78. The van der Waals surface area contributed by atoms with E-state index in [2.05, 4.69) is 9.55 Å². The number of hydrogen-bond acceptors (Lipinski definition) is 3. The van der Waals surface area contributed by atoms with Crippen LogP contribution in [-0.4, -0.2) is 32.3 Å². The van der Waals surface area contributed by atoms with Crippen LogP contribution in [0.15, 0.2) is 18.7 Å². The molecule has 0 bridgehead atoms. The SMILES string of the molecule is CC(CO)SCCCn1ccnc1. The maximum absolute atomic E-state index is 8.78. The molecule has 0 amide bonds. The molecule has 0 spiro atoms. The fourth-order valence-corrected chi connectivity index (χ4v) is 1.81. The molecule has 3 nitrogen and oxygen atoms in total. The van der Waals surface area contributed by atoms with Crippen LogP contribution in [0.1, 0.15) is 13.3 Å². The summed E-state index contributed by atoms with van der Waals surface area (Å²) in [5, 5.41) is 9.15. The fraction of sp³-hybridized carbons (Fsp3) is 0.667. The first-order valence-electron chi connectivity index (χ1n) is 4.51. The molecule has 0 saturated carbocycles. The van der Waals surface area contributed by atoms with Gasteiger partial charge in [0.1, 0.15) is 0 Å². The van der Waals surface area contributed by atoms with Crippen molar-refractivity contribution in [2.24, 2.45) is 0 Å². The summed E-state index contributed by atoms with van der Waals surface area (Å²) in [7, 11) is 0. The first-order valence-corrected chi connectivity index (χ1v) is 5.56. The van der Waals surface area contributed by atoms with E-state index < -0.39 is 0 Å². The van der Waals surface area contributed by atoms with Crippen LogP contribution in [0.3, 0.4) is 0 Å². The van der Waals surface area contributed by atoms with Gasteiger partial charge in [-0.3, -0.25) is 0 Å². The van der Waals surface area contributed by atoms with Crippen molar-refractivity contribution in [2.45, 2.75) is 25.1 Å². The third-order valence-corrected chi connectivity index (χ3v) is 3.02. The number of nitrogens with zero attached hydrogens (tertiary/aromatic N) is 2. The van der Waals surface area contributed by atoms with E-state index in [0.29, 0.717) is 5.25 Å². The average Bonchev–Trinajstić information content (AvgIpc) is 2.64. The Morgan fingerprint density at radius 1 is 1.62 bits per heavy atom. The summed E-state index contributed by atoms with van der Waals surface area (Å²) >= 11 is 1.81. The normalized spacial score (nSPS) is 13.1. The van der Waals surface area contributed by atoms with Crippen LogP contribution in [0, 0.1) is 0 Å². The lowest BCUT2D eigenvalue weighted by Gasteiger charge is -2.07. The highest BCUT2D eigenvalue weighted by Gasteiger charge is 1.99. The van der Waals surface area contributed by atoms with Crippen molar-refractivity contribution in [3.8, 4) is 0 Å². The zero-order valence-corrected chi connectivity index (χ0v) is 8.70. The quantitative estimate of drug-likeness (QED) is 0.705. The molecule has 74 valence electrons. The number of thioether (sulfide) groups is 1. The Hall–Kier alpha value is -0.480. The maximum Gasteiger partial charge on any atom is 0.0945 e. The van der Waals surface area contributed by atoms with E-state index in [1.54, 1.807) is 6.20 Å². The predicted molar refractivity (Wildman–Crippen MR) is 55.8 cm³/mol. The lowest BCUT2D eigenvalue weighted by molar-refractivity contribution is 0.300. The van der Waals surface area contributed by atoms with Gasteiger partial charge in [-0.15, -0.1) is 0 Å². The highest BCUT2D eigenvalue weighted by Crippen LogP contribution is 2.10. The second-order valence-electron chi connectivity index (χ2n) is 3.02. The monoisotopic (exact) mass is 200 g/mol. The van der Waals surface area contributed by atoms with Gasteiger partial charge in [-0.1, -0.05) is 6.92 Å². The molecule has 1 aromatic heterocycles. The Bertz CT molecular complexity index is 213. The van der Waals surface area contributed by atoms with E-state index in [-0.39, 0.29) is 6.61 Å². The highest BCUT2D eigenvalue weighted by atomic mass is 32.2. The van der Waals surface area contributed by atoms with E-state index in [0.717, 1.165) is 18.7 Å². The molecule has 1 atom stereocenters. The first-order chi connectivity index (χ1) is 6.33. The molecule has 0 radical (unpaired) electrons. The van der Waals surface area contributed by atoms with E-state index in [9.17, 15) is 0 Å². The average molecular weight is 200 g/mol. The Morgan fingerprint density at radius 3 is 3.08 bits per heavy atom. The molecule has 1 heterocycles. The molecule has 1 N–H and O–H groups in total. The maximum atomic E-state index is 8.78. The summed E-state index contributed by atoms with van der Waals surface area (Å²) in [6.45, 7) is 3.34. The van der Waals surface area contributed by atoms with Crippen LogP contribution in [0.25, 0.3) is 0 Å². The third kappa shape index (κ3) is 4.33. The number of imidazole rings is 1. The molecule has 0 aliphatic rings. The first kappa shape index (κ1) is 10.6. The minimum Gasteiger partial charge on any atom is -0.395 e. The number of aromatic nitrogens is 2. The number of aliphatic hydroxyl groups is 1. The van der Waals surface area contributed by atoms with E-state index in [1.807, 2.05) is 31.2 Å². The largest absolute Gasteiger partial charge is 0.395 e. The van der Waals surface area contributed by atoms with Gasteiger partial charge >= 0.3 is 0 Å². The minimum absolute atomic E-state index is 0.274. The Balaban J connectivity index is 2.02. The Labute approximate surface area is 83.2 Å². The van der Waals surface area contributed by atoms with Gasteiger partial charge in [-0.05, 0) is 12.2 Å². The van der Waals surface area contributed by atoms with Gasteiger partial charge in [0.05, 0.1) is 12.9 Å². The zero-order chi connectivity index (χ0) is 9.52. The Kier molecular flexibility index (Phi) is 4.93. The minimum atomic E-state index is 0.274.